The molecule has 0 radical (unpaired) electrons. The SMILES string of the molecule is O=C(Cc1ccccc1)Nc1cscc1C(=O)O. The van der Waals surface area contributed by atoms with Gasteiger partial charge in [-0.1, -0.05) is 30.3 Å². The number of carboxylic acids is 1. The fourth-order valence-electron chi connectivity index (χ4n) is 1.54. The number of carbonyl (C=O) groups is 2. The smallest absolute Gasteiger partial charge is 0.338 e. The molecule has 0 atom stereocenters. The lowest BCUT2D eigenvalue weighted by Gasteiger charge is -2.04. The number of carboxylic acid groups (broad SMARTS) is 1. The summed E-state index contributed by atoms with van der Waals surface area (Å²) in [6, 6.07) is 9.30. The fourth-order valence-corrected chi connectivity index (χ4v) is 2.29. The predicted octanol–water partition coefficient (Wildman–Crippen LogP) is 2.63. The highest BCUT2D eigenvalue weighted by molar-refractivity contribution is 7.08. The maximum Gasteiger partial charge on any atom is 0.338 e. The average Bonchev–Trinajstić information content (AvgIpc) is 2.78. The number of carbonyl (C=O) groups excluding carboxylic acids is 1. The van der Waals surface area contributed by atoms with Crippen molar-refractivity contribution in [1.82, 2.24) is 0 Å². The van der Waals surface area contributed by atoms with Gasteiger partial charge in [-0.05, 0) is 5.56 Å². The van der Waals surface area contributed by atoms with Crippen molar-refractivity contribution in [2.45, 2.75) is 6.42 Å². The Morgan fingerprint density at radius 1 is 1.17 bits per heavy atom. The number of anilines is 1. The van der Waals surface area contributed by atoms with Gasteiger partial charge in [-0.2, -0.15) is 0 Å². The van der Waals surface area contributed by atoms with Gasteiger partial charge in [-0.3, -0.25) is 4.79 Å². The zero-order valence-electron chi connectivity index (χ0n) is 9.42. The highest BCUT2D eigenvalue weighted by Crippen LogP contribution is 2.20. The van der Waals surface area contributed by atoms with Crippen molar-refractivity contribution in [3.8, 4) is 0 Å². The highest BCUT2D eigenvalue weighted by Gasteiger charge is 2.13. The van der Waals surface area contributed by atoms with E-state index >= 15 is 0 Å². The van der Waals surface area contributed by atoms with Crippen LogP contribution in [0.2, 0.25) is 0 Å². The molecule has 0 spiro atoms. The van der Waals surface area contributed by atoms with E-state index in [1.165, 1.54) is 16.7 Å². The first-order valence-electron chi connectivity index (χ1n) is 5.30. The van der Waals surface area contributed by atoms with E-state index in [2.05, 4.69) is 5.32 Å². The monoisotopic (exact) mass is 261 g/mol. The molecule has 2 N–H and O–H groups in total. The summed E-state index contributed by atoms with van der Waals surface area (Å²) in [5, 5.41) is 14.6. The number of benzene rings is 1. The van der Waals surface area contributed by atoms with E-state index in [1.807, 2.05) is 30.3 Å². The molecular formula is C13H11NO3S. The number of thiophene rings is 1. The van der Waals surface area contributed by atoms with Crippen LogP contribution in [0.4, 0.5) is 5.69 Å². The molecule has 5 heteroatoms. The van der Waals surface area contributed by atoms with Gasteiger partial charge in [0, 0.05) is 10.8 Å². The van der Waals surface area contributed by atoms with E-state index in [9.17, 15) is 9.59 Å². The lowest BCUT2D eigenvalue weighted by Crippen LogP contribution is -2.15. The Morgan fingerprint density at radius 2 is 1.89 bits per heavy atom. The second-order valence-corrected chi connectivity index (χ2v) is 4.46. The lowest BCUT2D eigenvalue weighted by molar-refractivity contribution is -0.115. The maximum absolute atomic E-state index is 11.8. The van der Waals surface area contributed by atoms with Gasteiger partial charge in [-0.25, -0.2) is 4.79 Å². The molecule has 92 valence electrons. The standard InChI is InChI=1S/C13H11NO3S/c15-12(6-9-4-2-1-3-5-9)14-11-8-18-7-10(11)13(16)17/h1-5,7-8H,6H2,(H,14,15)(H,16,17). The number of nitrogens with one attached hydrogen (secondary N) is 1. The Labute approximate surface area is 108 Å². The van der Waals surface area contributed by atoms with Crippen LogP contribution in [0.1, 0.15) is 15.9 Å². The van der Waals surface area contributed by atoms with Gasteiger partial charge in [0.25, 0.3) is 0 Å². The third-order valence-corrected chi connectivity index (χ3v) is 3.12. The molecule has 18 heavy (non-hydrogen) atoms. The molecule has 1 heterocycles. The lowest BCUT2D eigenvalue weighted by atomic mass is 10.1. The van der Waals surface area contributed by atoms with Gasteiger partial charge in [-0.15, -0.1) is 11.3 Å². The Bertz CT molecular complexity index is 563. The minimum absolute atomic E-state index is 0.126. The van der Waals surface area contributed by atoms with E-state index in [1.54, 1.807) is 5.38 Å². The van der Waals surface area contributed by atoms with Crippen molar-refractivity contribution in [3.63, 3.8) is 0 Å². The number of hydrogen-bond donors (Lipinski definition) is 2. The molecule has 0 aliphatic rings. The van der Waals surface area contributed by atoms with Crippen LogP contribution in [0.3, 0.4) is 0 Å². The quantitative estimate of drug-likeness (QED) is 0.889. The van der Waals surface area contributed by atoms with Crippen LogP contribution in [0.5, 0.6) is 0 Å². The fraction of sp³-hybridized carbons (Fsp3) is 0.0769. The van der Waals surface area contributed by atoms with Gasteiger partial charge in [0.2, 0.25) is 5.91 Å². The molecular weight excluding hydrogens is 250 g/mol. The minimum atomic E-state index is -1.04. The van der Waals surface area contributed by atoms with Gasteiger partial charge >= 0.3 is 5.97 Å². The van der Waals surface area contributed by atoms with Crippen LogP contribution in [-0.4, -0.2) is 17.0 Å². The maximum atomic E-state index is 11.8. The molecule has 0 aliphatic heterocycles. The van der Waals surface area contributed by atoms with Crippen molar-refractivity contribution in [2.24, 2.45) is 0 Å². The van der Waals surface area contributed by atoms with E-state index in [4.69, 9.17) is 5.11 Å². The predicted molar refractivity (Wildman–Crippen MR) is 70.1 cm³/mol. The molecule has 0 unspecified atom stereocenters. The van der Waals surface area contributed by atoms with Gasteiger partial charge < -0.3 is 10.4 Å². The van der Waals surface area contributed by atoms with Crippen molar-refractivity contribution in [1.29, 1.82) is 0 Å². The Kier molecular flexibility index (Phi) is 3.74. The summed E-state index contributed by atoms with van der Waals surface area (Å²) in [7, 11) is 0. The summed E-state index contributed by atoms with van der Waals surface area (Å²) >= 11 is 1.25. The number of amides is 1. The summed E-state index contributed by atoms with van der Waals surface area (Å²) in [5.74, 6) is -1.26. The molecule has 1 aromatic carbocycles. The molecule has 0 fully saturated rings. The van der Waals surface area contributed by atoms with Crippen LogP contribution in [0.25, 0.3) is 0 Å². The first kappa shape index (κ1) is 12.3. The summed E-state index contributed by atoms with van der Waals surface area (Å²) in [4.78, 5) is 22.6. The van der Waals surface area contributed by atoms with Gasteiger partial charge in [0.1, 0.15) is 0 Å². The summed E-state index contributed by atoms with van der Waals surface area (Å²) in [6.45, 7) is 0. The van der Waals surface area contributed by atoms with Crippen LogP contribution >= 0.6 is 11.3 Å². The summed E-state index contributed by atoms with van der Waals surface area (Å²) in [5.41, 5.74) is 1.37. The average molecular weight is 261 g/mol. The molecule has 0 aliphatic carbocycles. The molecule has 4 nitrogen and oxygen atoms in total. The van der Waals surface area contributed by atoms with Crippen LogP contribution in [0, 0.1) is 0 Å². The minimum Gasteiger partial charge on any atom is -0.478 e. The van der Waals surface area contributed by atoms with Gasteiger partial charge in [0.05, 0.1) is 17.7 Å². The van der Waals surface area contributed by atoms with Crippen molar-refractivity contribution >= 4 is 28.9 Å². The number of aromatic carboxylic acids is 1. The first-order valence-corrected chi connectivity index (χ1v) is 6.24. The largest absolute Gasteiger partial charge is 0.478 e. The number of hydrogen-bond acceptors (Lipinski definition) is 3. The van der Waals surface area contributed by atoms with E-state index in [0.717, 1.165) is 5.56 Å². The van der Waals surface area contributed by atoms with E-state index in [-0.39, 0.29) is 17.9 Å². The van der Waals surface area contributed by atoms with Crippen molar-refractivity contribution in [3.05, 3.63) is 52.2 Å². The second kappa shape index (κ2) is 5.46. The molecule has 0 saturated carbocycles. The topological polar surface area (TPSA) is 66.4 Å². The van der Waals surface area contributed by atoms with Crippen molar-refractivity contribution < 1.29 is 14.7 Å². The molecule has 1 aromatic heterocycles. The van der Waals surface area contributed by atoms with E-state index < -0.39 is 5.97 Å². The zero-order chi connectivity index (χ0) is 13.0. The Hall–Kier alpha value is -2.14. The summed E-state index contributed by atoms with van der Waals surface area (Å²) < 4.78 is 0. The molecule has 0 saturated heterocycles. The molecule has 1 amide bonds. The Balaban J connectivity index is 2.04. The molecule has 2 aromatic rings. The Morgan fingerprint density at radius 3 is 2.56 bits per heavy atom. The van der Waals surface area contributed by atoms with Crippen LogP contribution in [0.15, 0.2) is 41.1 Å². The number of rotatable bonds is 4. The molecule has 0 bridgehead atoms. The third-order valence-electron chi connectivity index (χ3n) is 2.37. The first-order chi connectivity index (χ1) is 8.66. The van der Waals surface area contributed by atoms with Gasteiger partial charge in [0.15, 0.2) is 0 Å². The summed E-state index contributed by atoms with van der Waals surface area (Å²) in [6.07, 6.45) is 0.232. The van der Waals surface area contributed by atoms with Crippen LogP contribution < -0.4 is 5.32 Å². The third kappa shape index (κ3) is 2.95. The normalized spacial score (nSPS) is 10.0. The second-order valence-electron chi connectivity index (χ2n) is 3.71. The zero-order valence-corrected chi connectivity index (χ0v) is 10.2. The molecule has 2 rings (SSSR count). The van der Waals surface area contributed by atoms with Crippen LogP contribution in [-0.2, 0) is 11.2 Å². The highest BCUT2D eigenvalue weighted by atomic mass is 32.1. The van der Waals surface area contributed by atoms with E-state index in [0.29, 0.717) is 5.69 Å². The van der Waals surface area contributed by atoms with Crippen molar-refractivity contribution in [2.75, 3.05) is 5.32 Å².